The summed E-state index contributed by atoms with van der Waals surface area (Å²) in [6.45, 7) is 0.497. The Morgan fingerprint density at radius 1 is 1.52 bits per heavy atom. The van der Waals surface area contributed by atoms with E-state index >= 15 is 0 Å². The minimum atomic E-state index is -0.481. The molecule has 0 aliphatic carbocycles. The number of ether oxygens (including phenoxy) is 1. The second kappa shape index (κ2) is 6.05. The number of aryl methyl sites for hydroxylation is 1. The highest BCUT2D eigenvalue weighted by Crippen LogP contribution is 2.33. The van der Waals surface area contributed by atoms with Gasteiger partial charge in [-0.2, -0.15) is 0 Å². The van der Waals surface area contributed by atoms with Gasteiger partial charge in [-0.05, 0) is 12.1 Å². The number of anilines is 2. The van der Waals surface area contributed by atoms with Crippen LogP contribution in [0.1, 0.15) is 16.2 Å². The van der Waals surface area contributed by atoms with E-state index in [0.717, 1.165) is 5.82 Å². The number of hydrogen-bond donors (Lipinski definition) is 1. The predicted octanol–water partition coefficient (Wildman–Crippen LogP) is 2.08. The molecule has 1 aromatic carbocycles. The fraction of sp³-hybridized carbons (Fsp3) is 0.286. The highest BCUT2D eigenvalue weighted by Gasteiger charge is 2.20. The van der Waals surface area contributed by atoms with Crippen LogP contribution in [0.4, 0.5) is 11.4 Å². The summed E-state index contributed by atoms with van der Waals surface area (Å²) in [7, 11) is 5.06. The molecule has 0 atom stereocenters. The fourth-order valence-electron chi connectivity index (χ4n) is 2.11. The van der Waals surface area contributed by atoms with E-state index in [-0.39, 0.29) is 0 Å². The Bertz CT molecular complexity index is 669. The van der Waals surface area contributed by atoms with Gasteiger partial charge >= 0.3 is 5.97 Å². The molecule has 0 saturated carbocycles. The lowest BCUT2D eigenvalue weighted by Crippen LogP contribution is -2.22. The van der Waals surface area contributed by atoms with Crippen LogP contribution in [0.3, 0.4) is 0 Å². The van der Waals surface area contributed by atoms with Crippen molar-refractivity contribution < 1.29 is 9.53 Å². The molecule has 0 saturated heterocycles. The molecule has 0 fully saturated rings. The zero-order chi connectivity index (χ0) is 15.6. The van der Waals surface area contributed by atoms with Gasteiger partial charge in [0.1, 0.15) is 5.82 Å². The fourth-order valence-corrected chi connectivity index (χ4v) is 2.49. The molecule has 0 unspecified atom stereocenters. The summed E-state index contributed by atoms with van der Waals surface area (Å²) < 4.78 is 6.70. The zero-order valence-corrected chi connectivity index (χ0v) is 12.9. The van der Waals surface area contributed by atoms with Gasteiger partial charge in [0, 0.05) is 32.2 Å². The number of hydrogen-bond acceptors (Lipinski definition) is 5. The number of benzene rings is 1. The van der Waals surface area contributed by atoms with Crippen LogP contribution in [0.5, 0.6) is 0 Å². The van der Waals surface area contributed by atoms with Crippen molar-refractivity contribution >= 4 is 28.9 Å². The maximum absolute atomic E-state index is 11.9. The molecule has 0 aliphatic rings. The van der Waals surface area contributed by atoms with Crippen molar-refractivity contribution in [3.63, 3.8) is 0 Å². The first-order valence-electron chi connectivity index (χ1n) is 6.28. The molecule has 7 heteroatoms. The molecule has 6 nitrogen and oxygen atoms in total. The minimum Gasteiger partial charge on any atom is -0.465 e. The number of rotatable bonds is 4. The zero-order valence-electron chi connectivity index (χ0n) is 12.1. The summed E-state index contributed by atoms with van der Waals surface area (Å²) in [5.74, 6) is 0.368. The average molecular weight is 309 g/mol. The Morgan fingerprint density at radius 2 is 2.24 bits per heavy atom. The lowest BCUT2D eigenvalue weighted by Gasteiger charge is -2.23. The van der Waals surface area contributed by atoms with Gasteiger partial charge in [-0.15, -0.1) is 0 Å². The number of methoxy groups -OCH3 is 1. The Labute approximate surface area is 128 Å². The summed E-state index contributed by atoms with van der Waals surface area (Å²) in [5, 5.41) is 0.395. The smallest absolute Gasteiger partial charge is 0.340 e. The number of nitrogen functional groups attached to an aromatic ring is 1. The van der Waals surface area contributed by atoms with Crippen LogP contribution in [-0.2, 0) is 18.3 Å². The molecule has 0 amide bonds. The first kappa shape index (κ1) is 15.2. The Kier molecular flexibility index (Phi) is 4.37. The molecule has 0 spiro atoms. The average Bonchev–Trinajstić information content (AvgIpc) is 2.82. The van der Waals surface area contributed by atoms with Crippen molar-refractivity contribution in [3.8, 4) is 0 Å². The van der Waals surface area contributed by atoms with Crippen LogP contribution in [0, 0.1) is 0 Å². The summed E-state index contributed by atoms with van der Waals surface area (Å²) >= 11 is 6.25. The summed E-state index contributed by atoms with van der Waals surface area (Å²) in [6, 6.07) is 3.17. The van der Waals surface area contributed by atoms with Gasteiger partial charge in [0.05, 0.1) is 29.9 Å². The molecule has 1 aromatic heterocycles. The minimum absolute atomic E-state index is 0.333. The molecule has 1 heterocycles. The monoisotopic (exact) mass is 308 g/mol. The van der Waals surface area contributed by atoms with Crippen molar-refractivity contribution in [1.82, 2.24) is 9.55 Å². The largest absolute Gasteiger partial charge is 0.465 e. The van der Waals surface area contributed by atoms with Gasteiger partial charge in [-0.25, -0.2) is 9.78 Å². The molecule has 0 aliphatic heterocycles. The van der Waals surface area contributed by atoms with Crippen LogP contribution in [0.25, 0.3) is 0 Å². The van der Waals surface area contributed by atoms with E-state index < -0.39 is 5.97 Å². The lowest BCUT2D eigenvalue weighted by atomic mass is 10.1. The standard InChI is InChI=1S/C14H17ClN4O2/c1-18-5-4-17-12(18)8-19(2)13-10(14(20)21-3)6-9(16)7-11(13)15/h4-7H,8,16H2,1-3H3. The van der Waals surface area contributed by atoms with Crippen LogP contribution < -0.4 is 10.6 Å². The number of nitrogens with two attached hydrogens (primary N) is 1. The highest BCUT2D eigenvalue weighted by atomic mass is 35.5. The van der Waals surface area contributed by atoms with Crippen LogP contribution in [0.15, 0.2) is 24.5 Å². The van der Waals surface area contributed by atoms with Gasteiger partial charge in [0.2, 0.25) is 0 Å². The SMILES string of the molecule is COC(=O)c1cc(N)cc(Cl)c1N(C)Cc1nccn1C. The molecule has 0 radical (unpaired) electrons. The van der Waals surface area contributed by atoms with E-state index in [2.05, 4.69) is 4.98 Å². The third-order valence-electron chi connectivity index (χ3n) is 3.17. The van der Waals surface area contributed by atoms with E-state index in [0.29, 0.717) is 28.5 Å². The van der Waals surface area contributed by atoms with Crippen molar-refractivity contribution in [1.29, 1.82) is 0 Å². The number of esters is 1. The molecular formula is C14H17ClN4O2. The van der Waals surface area contributed by atoms with Crippen molar-refractivity contribution in [3.05, 3.63) is 40.9 Å². The topological polar surface area (TPSA) is 73.4 Å². The molecule has 2 rings (SSSR count). The molecule has 21 heavy (non-hydrogen) atoms. The quantitative estimate of drug-likeness (QED) is 0.691. The second-order valence-corrected chi connectivity index (χ2v) is 5.11. The van der Waals surface area contributed by atoms with Crippen LogP contribution >= 0.6 is 11.6 Å². The van der Waals surface area contributed by atoms with E-state index in [4.69, 9.17) is 22.1 Å². The number of carbonyl (C=O) groups excluding carboxylic acids is 1. The van der Waals surface area contributed by atoms with Gasteiger partial charge in [0.15, 0.2) is 0 Å². The normalized spacial score (nSPS) is 10.5. The molecule has 0 bridgehead atoms. The van der Waals surface area contributed by atoms with Crippen LogP contribution in [0.2, 0.25) is 5.02 Å². The first-order chi connectivity index (χ1) is 9.93. The van der Waals surface area contributed by atoms with Crippen molar-refractivity contribution in [2.24, 2.45) is 7.05 Å². The highest BCUT2D eigenvalue weighted by molar-refractivity contribution is 6.34. The third-order valence-corrected chi connectivity index (χ3v) is 3.46. The summed E-state index contributed by atoms with van der Waals surface area (Å²) in [6.07, 6.45) is 3.57. The van der Waals surface area contributed by atoms with E-state index in [1.165, 1.54) is 7.11 Å². The van der Waals surface area contributed by atoms with Gasteiger partial charge in [-0.3, -0.25) is 0 Å². The molecule has 112 valence electrons. The Balaban J connectivity index is 2.42. The van der Waals surface area contributed by atoms with Gasteiger partial charge < -0.3 is 19.9 Å². The number of carbonyl (C=O) groups is 1. The van der Waals surface area contributed by atoms with Crippen LogP contribution in [-0.4, -0.2) is 29.7 Å². The first-order valence-corrected chi connectivity index (χ1v) is 6.66. The van der Waals surface area contributed by atoms with E-state index in [1.54, 1.807) is 18.3 Å². The van der Waals surface area contributed by atoms with E-state index in [1.807, 2.05) is 29.8 Å². The Hall–Kier alpha value is -2.21. The van der Waals surface area contributed by atoms with Crippen molar-refractivity contribution in [2.75, 3.05) is 24.8 Å². The summed E-state index contributed by atoms with van der Waals surface area (Å²) in [5.41, 5.74) is 7.07. The lowest BCUT2D eigenvalue weighted by molar-refractivity contribution is 0.0601. The third kappa shape index (κ3) is 3.11. The molecular weight excluding hydrogens is 292 g/mol. The van der Waals surface area contributed by atoms with Crippen molar-refractivity contribution in [2.45, 2.75) is 6.54 Å². The number of aromatic nitrogens is 2. The Morgan fingerprint density at radius 3 is 2.81 bits per heavy atom. The number of nitrogens with zero attached hydrogens (tertiary/aromatic N) is 3. The summed E-state index contributed by atoms with van der Waals surface area (Å²) in [4.78, 5) is 18.0. The van der Waals surface area contributed by atoms with Gasteiger partial charge in [0.25, 0.3) is 0 Å². The number of imidazole rings is 1. The van der Waals surface area contributed by atoms with Gasteiger partial charge in [-0.1, -0.05) is 11.6 Å². The number of halogens is 1. The maximum Gasteiger partial charge on any atom is 0.340 e. The predicted molar refractivity (Wildman–Crippen MR) is 82.5 cm³/mol. The molecule has 2 N–H and O–H groups in total. The molecule has 2 aromatic rings. The maximum atomic E-state index is 11.9. The second-order valence-electron chi connectivity index (χ2n) is 4.70. The van der Waals surface area contributed by atoms with E-state index in [9.17, 15) is 4.79 Å².